The average molecular weight is 351 g/mol. The van der Waals surface area contributed by atoms with E-state index in [2.05, 4.69) is 15.0 Å². The number of aromatic nitrogens is 4. The molecule has 10 heteroatoms. The average Bonchev–Trinajstić information content (AvgIpc) is 3.13. The molecule has 1 fully saturated rings. The quantitative estimate of drug-likeness (QED) is 0.592. The number of fused-ring (bicyclic) bond motifs is 1. The highest BCUT2D eigenvalue weighted by molar-refractivity contribution is 5.81. The zero-order valence-electron chi connectivity index (χ0n) is 13.9. The minimum Gasteiger partial charge on any atom is -0.387 e. The number of hydrogen-bond donors (Lipinski definition) is 3. The summed E-state index contributed by atoms with van der Waals surface area (Å²) in [6, 6.07) is 0. The molecule has 5 N–H and O–H groups in total. The number of aliphatic hydroxyl groups excluding tert-OH is 1. The molecule has 0 radical (unpaired) electrons. The van der Waals surface area contributed by atoms with Gasteiger partial charge in [0.05, 0.1) is 6.33 Å². The maximum absolute atomic E-state index is 14.6. The third kappa shape index (κ3) is 3.47. The van der Waals surface area contributed by atoms with Crippen LogP contribution >= 0.6 is 0 Å². The van der Waals surface area contributed by atoms with Gasteiger partial charge < -0.3 is 26.2 Å². The van der Waals surface area contributed by atoms with Gasteiger partial charge in [-0.25, -0.2) is 19.3 Å². The normalized spacial score (nSPS) is 27.1. The number of nitrogens with two attached hydrogens (primary N) is 2. The lowest BCUT2D eigenvalue weighted by Crippen LogP contribution is -2.37. The van der Waals surface area contributed by atoms with Crippen LogP contribution in [0.3, 0.4) is 0 Å². The summed E-state index contributed by atoms with van der Waals surface area (Å²) in [5.74, 6) is 0.209. The largest absolute Gasteiger partial charge is 0.387 e. The fourth-order valence-corrected chi connectivity index (χ4v) is 2.87. The zero-order chi connectivity index (χ0) is 18.0. The molecular weight excluding hydrogens is 329 g/mol. The van der Waals surface area contributed by atoms with E-state index in [1.54, 1.807) is 0 Å². The van der Waals surface area contributed by atoms with E-state index in [1.807, 2.05) is 24.1 Å². The van der Waals surface area contributed by atoms with Crippen LogP contribution in [0.5, 0.6) is 0 Å². The van der Waals surface area contributed by atoms with E-state index in [9.17, 15) is 9.50 Å². The Morgan fingerprint density at radius 2 is 2.20 bits per heavy atom. The van der Waals surface area contributed by atoms with Gasteiger partial charge in [0.1, 0.15) is 24.1 Å². The Labute approximate surface area is 144 Å². The standard InChI is InChI=1S/C15H22FN7O2/c1-22(5-3-2-4-17)6-9-12(24)10(16)15(25-9)23-8-21-11-13(18)19-7-20-14(11)23/h2-3,7-10,12,15,24H,4-6,17H2,1H3,(H2,18,19,20)/t9-,10-,12+,15-/m1/s1. The number of ether oxygens (including phenoxy) is 1. The van der Waals surface area contributed by atoms with Gasteiger partial charge in [-0.05, 0) is 7.05 Å². The van der Waals surface area contributed by atoms with Gasteiger partial charge in [0, 0.05) is 19.6 Å². The number of aliphatic hydroxyl groups is 1. The number of likely N-dealkylation sites (N-methyl/N-ethyl adjacent to an activating group) is 1. The number of nitrogen functional groups attached to an aromatic ring is 1. The predicted octanol–water partition coefficient (Wildman–Crippen LogP) is -0.548. The molecule has 1 aliphatic rings. The predicted molar refractivity (Wildman–Crippen MR) is 90.2 cm³/mol. The second-order valence-electron chi connectivity index (χ2n) is 6.01. The van der Waals surface area contributed by atoms with Gasteiger partial charge in [-0.2, -0.15) is 0 Å². The second kappa shape index (κ2) is 7.40. The first-order valence-electron chi connectivity index (χ1n) is 7.97. The van der Waals surface area contributed by atoms with Crippen LogP contribution in [0.25, 0.3) is 11.2 Å². The Balaban J connectivity index is 1.75. The molecule has 0 amide bonds. The summed E-state index contributed by atoms with van der Waals surface area (Å²) in [4.78, 5) is 14.0. The highest BCUT2D eigenvalue weighted by Gasteiger charge is 2.45. The third-order valence-corrected chi connectivity index (χ3v) is 4.17. The summed E-state index contributed by atoms with van der Waals surface area (Å²) in [7, 11) is 1.86. The van der Waals surface area contributed by atoms with Crippen molar-refractivity contribution in [1.29, 1.82) is 0 Å². The lowest BCUT2D eigenvalue weighted by molar-refractivity contribution is -0.0330. The molecule has 0 spiro atoms. The molecule has 2 aromatic rings. The Morgan fingerprint density at radius 1 is 1.40 bits per heavy atom. The summed E-state index contributed by atoms with van der Waals surface area (Å²) in [6.07, 6.45) is 1.88. The van der Waals surface area contributed by atoms with E-state index in [1.165, 1.54) is 17.2 Å². The number of alkyl halides is 1. The van der Waals surface area contributed by atoms with E-state index < -0.39 is 24.6 Å². The molecule has 3 rings (SSSR count). The van der Waals surface area contributed by atoms with Gasteiger partial charge in [-0.15, -0.1) is 0 Å². The topological polar surface area (TPSA) is 128 Å². The number of rotatable bonds is 6. The van der Waals surface area contributed by atoms with Crippen LogP contribution in [-0.4, -0.2) is 74.6 Å². The summed E-state index contributed by atoms with van der Waals surface area (Å²) in [6.45, 7) is 1.46. The SMILES string of the molecule is CN(CC=CCN)C[C@H]1O[C@@H](n2cnc3c(N)ncnc32)[C@H](F)[C@H]1O. The summed E-state index contributed by atoms with van der Waals surface area (Å²) in [5.41, 5.74) is 11.9. The lowest BCUT2D eigenvalue weighted by atomic mass is 10.1. The van der Waals surface area contributed by atoms with Crippen molar-refractivity contribution in [3.63, 3.8) is 0 Å². The molecule has 0 aliphatic carbocycles. The summed E-state index contributed by atoms with van der Waals surface area (Å²) in [5, 5.41) is 10.2. The van der Waals surface area contributed by atoms with Gasteiger partial charge in [0.25, 0.3) is 0 Å². The molecule has 136 valence electrons. The molecule has 2 aromatic heterocycles. The molecule has 4 atom stereocenters. The molecule has 25 heavy (non-hydrogen) atoms. The number of halogens is 1. The Bertz CT molecular complexity index is 753. The zero-order valence-corrected chi connectivity index (χ0v) is 13.9. The van der Waals surface area contributed by atoms with Gasteiger partial charge >= 0.3 is 0 Å². The van der Waals surface area contributed by atoms with E-state index in [-0.39, 0.29) is 5.82 Å². The first kappa shape index (κ1) is 17.7. The van der Waals surface area contributed by atoms with Crippen molar-refractivity contribution in [3.8, 4) is 0 Å². The fraction of sp³-hybridized carbons (Fsp3) is 0.533. The van der Waals surface area contributed by atoms with Crippen molar-refractivity contribution in [2.75, 3.05) is 32.4 Å². The highest BCUT2D eigenvalue weighted by atomic mass is 19.1. The van der Waals surface area contributed by atoms with Crippen molar-refractivity contribution in [2.45, 2.75) is 24.6 Å². The fourth-order valence-electron chi connectivity index (χ4n) is 2.87. The van der Waals surface area contributed by atoms with Gasteiger partial charge in [-0.1, -0.05) is 12.2 Å². The Kier molecular flexibility index (Phi) is 5.23. The van der Waals surface area contributed by atoms with Crippen molar-refractivity contribution in [1.82, 2.24) is 24.4 Å². The van der Waals surface area contributed by atoms with Crippen molar-refractivity contribution in [3.05, 3.63) is 24.8 Å². The van der Waals surface area contributed by atoms with Gasteiger partial charge in [-0.3, -0.25) is 4.57 Å². The number of nitrogens with zero attached hydrogens (tertiary/aromatic N) is 5. The van der Waals surface area contributed by atoms with Crippen LogP contribution in [0.2, 0.25) is 0 Å². The maximum atomic E-state index is 14.6. The molecule has 3 heterocycles. The minimum atomic E-state index is -1.61. The first-order valence-corrected chi connectivity index (χ1v) is 7.97. The highest BCUT2D eigenvalue weighted by Crippen LogP contribution is 2.34. The van der Waals surface area contributed by atoms with Crippen molar-refractivity contribution in [2.24, 2.45) is 5.73 Å². The smallest absolute Gasteiger partial charge is 0.173 e. The van der Waals surface area contributed by atoms with E-state index in [4.69, 9.17) is 16.2 Å². The van der Waals surface area contributed by atoms with E-state index in [0.29, 0.717) is 30.8 Å². The van der Waals surface area contributed by atoms with Crippen LogP contribution < -0.4 is 11.5 Å². The summed E-state index contributed by atoms with van der Waals surface area (Å²) >= 11 is 0. The molecule has 1 saturated heterocycles. The molecule has 9 nitrogen and oxygen atoms in total. The summed E-state index contributed by atoms with van der Waals surface area (Å²) < 4.78 is 21.8. The van der Waals surface area contributed by atoms with Crippen LogP contribution in [0, 0.1) is 0 Å². The van der Waals surface area contributed by atoms with Crippen molar-refractivity contribution < 1.29 is 14.2 Å². The minimum absolute atomic E-state index is 0.209. The molecular formula is C15H22FN7O2. The molecule has 0 saturated carbocycles. The maximum Gasteiger partial charge on any atom is 0.173 e. The van der Waals surface area contributed by atoms with E-state index in [0.717, 1.165) is 0 Å². The first-order chi connectivity index (χ1) is 12.0. The monoisotopic (exact) mass is 351 g/mol. The number of imidazole rings is 1. The van der Waals surface area contributed by atoms with Gasteiger partial charge in [0.15, 0.2) is 23.9 Å². The second-order valence-corrected chi connectivity index (χ2v) is 6.01. The number of anilines is 1. The van der Waals surface area contributed by atoms with Crippen LogP contribution in [0.15, 0.2) is 24.8 Å². The molecule has 0 aromatic carbocycles. The van der Waals surface area contributed by atoms with Crippen LogP contribution in [-0.2, 0) is 4.74 Å². The molecule has 0 bridgehead atoms. The Morgan fingerprint density at radius 3 is 2.96 bits per heavy atom. The van der Waals surface area contributed by atoms with E-state index >= 15 is 0 Å². The molecule has 1 aliphatic heterocycles. The van der Waals surface area contributed by atoms with Gasteiger partial charge in [0.2, 0.25) is 0 Å². The Hall–Kier alpha value is -2.14. The molecule has 0 unspecified atom stereocenters. The lowest BCUT2D eigenvalue weighted by Gasteiger charge is -2.21. The van der Waals surface area contributed by atoms with Crippen molar-refractivity contribution >= 4 is 17.0 Å². The number of hydrogen-bond acceptors (Lipinski definition) is 8. The third-order valence-electron chi connectivity index (χ3n) is 4.17. The van der Waals surface area contributed by atoms with Crippen LogP contribution in [0.4, 0.5) is 10.2 Å². The van der Waals surface area contributed by atoms with Crippen LogP contribution in [0.1, 0.15) is 6.23 Å².